The number of aromatic nitrogens is 4. The van der Waals surface area contributed by atoms with Gasteiger partial charge in [0.05, 0.1) is 11.7 Å². The lowest BCUT2D eigenvalue weighted by molar-refractivity contribution is -0.0180. The van der Waals surface area contributed by atoms with Crippen LogP contribution < -0.4 is 10.1 Å². The average Bonchev–Trinajstić information content (AvgIpc) is 3.31. The molecule has 2 aliphatic rings. The molecule has 4 heterocycles. The second kappa shape index (κ2) is 7.77. The highest BCUT2D eigenvalue weighted by atomic mass is 19.3. The average molecular weight is 431 g/mol. The second-order valence-corrected chi connectivity index (χ2v) is 8.08. The fraction of sp³-hybridized carbons (Fsp3) is 0.476. The van der Waals surface area contributed by atoms with Crippen LogP contribution in [-0.2, 0) is 13.0 Å². The van der Waals surface area contributed by atoms with Crippen LogP contribution in [0.15, 0.2) is 24.7 Å². The fourth-order valence-electron chi connectivity index (χ4n) is 4.55. The number of aryl methyl sites for hydroxylation is 1. The van der Waals surface area contributed by atoms with Gasteiger partial charge in [0.2, 0.25) is 5.88 Å². The summed E-state index contributed by atoms with van der Waals surface area (Å²) in [4.78, 5) is 12.5. The number of pyridine rings is 1. The van der Waals surface area contributed by atoms with E-state index in [9.17, 15) is 19.0 Å². The molecule has 4 atom stereocenters. The first-order chi connectivity index (χ1) is 14.9. The van der Waals surface area contributed by atoms with Gasteiger partial charge in [-0.05, 0) is 37.6 Å². The minimum Gasteiger partial charge on any atom is -0.471 e. The van der Waals surface area contributed by atoms with Crippen LogP contribution >= 0.6 is 0 Å². The molecule has 1 saturated carbocycles. The SMILES string of the molecule is Cc1ncnc2c1ccn2C1CC(Oc2nc(C(F)F)cc3c2CNCC3)C(O)C1O. The number of alkyl halides is 2. The van der Waals surface area contributed by atoms with Crippen molar-refractivity contribution in [1.29, 1.82) is 0 Å². The van der Waals surface area contributed by atoms with E-state index in [2.05, 4.69) is 20.3 Å². The molecule has 3 N–H and O–H groups in total. The third kappa shape index (κ3) is 3.44. The Morgan fingerprint density at radius 3 is 2.90 bits per heavy atom. The van der Waals surface area contributed by atoms with Crippen molar-refractivity contribution in [3.8, 4) is 5.88 Å². The maximum atomic E-state index is 13.4. The Morgan fingerprint density at radius 1 is 1.26 bits per heavy atom. The van der Waals surface area contributed by atoms with Gasteiger partial charge in [0.1, 0.15) is 36.0 Å². The van der Waals surface area contributed by atoms with E-state index in [1.807, 2.05) is 13.0 Å². The van der Waals surface area contributed by atoms with Crippen molar-refractivity contribution in [3.05, 3.63) is 47.2 Å². The molecule has 8 nitrogen and oxygen atoms in total. The molecule has 10 heteroatoms. The van der Waals surface area contributed by atoms with Crippen LogP contribution in [0.25, 0.3) is 11.0 Å². The van der Waals surface area contributed by atoms with Crippen molar-refractivity contribution in [3.63, 3.8) is 0 Å². The zero-order valence-corrected chi connectivity index (χ0v) is 16.9. The molecule has 3 aromatic heterocycles. The molecule has 3 aromatic rings. The molecule has 0 saturated heterocycles. The van der Waals surface area contributed by atoms with Crippen LogP contribution in [0.2, 0.25) is 0 Å². The fourth-order valence-corrected chi connectivity index (χ4v) is 4.55. The zero-order chi connectivity index (χ0) is 21.7. The maximum Gasteiger partial charge on any atom is 0.280 e. The molecule has 164 valence electrons. The van der Waals surface area contributed by atoms with Crippen molar-refractivity contribution in [1.82, 2.24) is 24.8 Å². The number of halogens is 2. The molecule has 0 amide bonds. The monoisotopic (exact) mass is 431 g/mol. The Kier molecular flexibility index (Phi) is 5.07. The number of hydrogen-bond acceptors (Lipinski definition) is 7. The van der Waals surface area contributed by atoms with Gasteiger partial charge in [-0.2, -0.15) is 0 Å². The molecule has 4 unspecified atom stereocenters. The molecule has 1 aliphatic carbocycles. The van der Waals surface area contributed by atoms with Crippen LogP contribution in [0.1, 0.15) is 41.4 Å². The number of rotatable bonds is 4. The first-order valence-corrected chi connectivity index (χ1v) is 10.3. The highest BCUT2D eigenvalue weighted by Gasteiger charge is 2.45. The third-order valence-corrected chi connectivity index (χ3v) is 6.22. The van der Waals surface area contributed by atoms with Crippen molar-refractivity contribution in [2.45, 2.75) is 57.1 Å². The van der Waals surface area contributed by atoms with Gasteiger partial charge >= 0.3 is 0 Å². The van der Waals surface area contributed by atoms with Gasteiger partial charge in [0, 0.05) is 30.1 Å². The molecule has 0 aromatic carbocycles. The molecule has 1 aliphatic heterocycles. The van der Waals surface area contributed by atoms with Crippen LogP contribution in [0.4, 0.5) is 8.78 Å². The van der Waals surface area contributed by atoms with Gasteiger partial charge in [-0.25, -0.2) is 23.7 Å². The Bertz CT molecular complexity index is 1120. The highest BCUT2D eigenvalue weighted by molar-refractivity contribution is 5.78. The van der Waals surface area contributed by atoms with E-state index >= 15 is 0 Å². The maximum absolute atomic E-state index is 13.4. The summed E-state index contributed by atoms with van der Waals surface area (Å²) in [6.45, 7) is 3.02. The normalized spacial score (nSPS) is 25.9. The van der Waals surface area contributed by atoms with Gasteiger partial charge < -0.3 is 24.8 Å². The van der Waals surface area contributed by atoms with Gasteiger partial charge in [0.15, 0.2) is 0 Å². The van der Waals surface area contributed by atoms with Crippen LogP contribution in [0.3, 0.4) is 0 Å². The lowest BCUT2D eigenvalue weighted by Crippen LogP contribution is -2.35. The summed E-state index contributed by atoms with van der Waals surface area (Å²) in [7, 11) is 0. The van der Waals surface area contributed by atoms with Crippen molar-refractivity contribution < 1.29 is 23.7 Å². The first-order valence-electron chi connectivity index (χ1n) is 10.3. The minimum absolute atomic E-state index is 0.0902. The number of hydrogen-bond donors (Lipinski definition) is 3. The minimum atomic E-state index is -2.72. The topological polar surface area (TPSA) is 105 Å². The summed E-state index contributed by atoms with van der Waals surface area (Å²) in [6.07, 6.45) is -1.69. The summed E-state index contributed by atoms with van der Waals surface area (Å²) >= 11 is 0. The molecule has 1 fully saturated rings. The molecule has 0 bridgehead atoms. The lowest BCUT2D eigenvalue weighted by Gasteiger charge is -2.24. The molecule has 31 heavy (non-hydrogen) atoms. The largest absolute Gasteiger partial charge is 0.471 e. The predicted molar refractivity (Wildman–Crippen MR) is 107 cm³/mol. The van der Waals surface area contributed by atoms with E-state index in [-0.39, 0.29) is 18.0 Å². The van der Waals surface area contributed by atoms with E-state index in [1.165, 1.54) is 12.4 Å². The first kappa shape index (κ1) is 20.2. The summed E-state index contributed by atoms with van der Waals surface area (Å²) < 4.78 is 34.5. The molecule has 0 spiro atoms. The van der Waals surface area contributed by atoms with Crippen molar-refractivity contribution in [2.75, 3.05) is 6.54 Å². The quantitative estimate of drug-likeness (QED) is 0.579. The summed E-state index contributed by atoms with van der Waals surface area (Å²) in [5.74, 6) is 0.0902. The Balaban J connectivity index is 1.46. The number of nitrogens with zero attached hydrogens (tertiary/aromatic N) is 4. The predicted octanol–water partition coefficient (Wildman–Crippen LogP) is 1.83. The van der Waals surface area contributed by atoms with Crippen molar-refractivity contribution in [2.24, 2.45) is 0 Å². The van der Waals surface area contributed by atoms with Crippen LogP contribution in [0, 0.1) is 6.92 Å². The molecular formula is C21H23F2N5O3. The number of nitrogens with one attached hydrogen (secondary N) is 1. The molecular weight excluding hydrogens is 408 g/mol. The summed E-state index contributed by atoms with van der Waals surface area (Å²) in [5, 5.41) is 25.5. The lowest BCUT2D eigenvalue weighted by atomic mass is 10.0. The van der Waals surface area contributed by atoms with Gasteiger partial charge in [-0.15, -0.1) is 0 Å². The summed E-state index contributed by atoms with van der Waals surface area (Å²) in [6, 6.07) is 2.80. The second-order valence-electron chi connectivity index (χ2n) is 8.08. The highest BCUT2D eigenvalue weighted by Crippen LogP contribution is 2.37. The van der Waals surface area contributed by atoms with Crippen LogP contribution in [-0.4, -0.2) is 54.6 Å². The molecule has 5 rings (SSSR count). The van der Waals surface area contributed by atoms with Gasteiger partial charge in [-0.3, -0.25) is 0 Å². The van der Waals surface area contributed by atoms with E-state index in [4.69, 9.17) is 4.74 Å². The van der Waals surface area contributed by atoms with Crippen LogP contribution in [0.5, 0.6) is 5.88 Å². The third-order valence-electron chi connectivity index (χ3n) is 6.22. The zero-order valence-electron chi connectivity index (χ0n) is 16.9. The van der Waals surface area contributed by atoms with E-state index in [0.717, 1.165) is 22.2 Å². The molecule has 0 radical (unpaired) electrons. The smallest absolute Gasteiger partial charge is 0.280 e. The van der Waals surface area contributed by atoms with E-state index < -0.39 is 30.8 Å². The van der Waals surface area contributed by atoms with Crippen molar-refractivity contribution >= 4 is 11.0 Å². The van der Waals surface area contributed by atoms with E-state index in [1.54, 1.807) is 10.8 Å². The number of ether oxygens (including phenoxy) is 1. The Hall–Kier alpha value is -2.69. The van der Waals surface area contributed by atoms with Gasteiger partial charge in [-0.1, -0.05) is 0 Å². The standard InChI is InChI=1S/C21H23F2N5O3/c1-10-12-3-5-28(20(12)26-9-25-10)15-7-16(18(30)17(15)29)31-21-13-8-24-4-2-11(13)6-14(27-21)19(22)23/h3,5-6,9,15-19,24,29-30H,2,4,7-8H2,1H3. The Labute approximate surface area is 176 Å². The summed E-state index contributed by atoms with van der Waals surface area (Å²) in [5.41, 5.74) is 2.62. The number of aliphatic hydroxyl groups excluding tert-OH is 2. The Morgan fingerprint density at radius 2 is 2.10 bits per heavy atom. The number of aliphatic hydroxyl groups is 2. The number of fused-ring (bicyclic) bond motifs is 2. The van der Waals surface area contributed by atoms with E-state index in [0.29, 0.717) is 25.2 Å². The van der Waals surface area contributed by atoms with Gasteiger partial charge in [0.25, 0.3) is 6.43 Å².